The molecule has 0 saturated carbocycles. The molecule has 2 unspecified atom stereocenters. The summed E-state index contributed by atoms with van der Waals surface area (Å²) >= 11 is 0. The third-order valence-corrected chi connectivity index (χ3v) is 5.98. The minimum absolute atomic E-state index is 0.0208. The van der Waals surface area contributed by atoms with Gasteiger partial charge in [0, 0.05) is 30.4 Å². The van der Waals surface area contributed by atoms with Crippen LogP contribution >= 0.6 is 0 Å². The SMILES string of the molecule is CCOc1ccc(S(=O)(=O)NC(=O)C(OC)C2CCOC2)c2ccccc12. The van der Waals surface area contributed by atoms with E-state index in [0.717, 1.165) is 0 Å². The molecule has 1 aliphatic heterocycles. The summed E-state index contributed by atoms with van der Waals surface area (Å²) < 4.78 is 44.0. The van der Waals surface area contributed by atoms with Crippen molar-refractivity contribution in [3.05, 3.63) is 36.4 Å². The molecular formula is C19H23NO6S. The van der Waals surface area contributed by atoms with Gasteiger partial charge in [0.2, 0.25) is 0 Å². The number of benzene rings is 2. The van der Waals surface area contributed by atoms with E-state index < -0.39 is 22.0 Å². The van der Waals surface area contributed by atoms with Crippen LogP contribution in [0.5, 0.6) is 5.75 Å². The van der Waals surface area contributed by atoms with Crippen molar-refractivity contribution < 1.29 is 27.4 Å². The smallest absolute Gasteiger partial charge is 0.264 e. The maximum absolute atomic E-state index is 12.9. The third kappa shape index (κ3) is 4.07. The van der Waals surface area contributed by atoms with E-state index in [-0.39, 0.29) is 10.8 Å². The number of sulfonamides is 1. The maximum atomic E-state index is 12.9. The first-order valence-corrected chi connectivity index (χ1v) is 10.3. The first kappa shape index (κ1) is 19.6. The second-order valence-corrected chi connectivity index (χ2v) is 7.94. The fourth-order valence-electron chi connectivity index (χ4n) is 3.31. The first-order chi connectivity index (χ1) is 13.0. The summed E-state index contributed by atoms with van der Waals surface area (Å²) in [6.45, 7) is 3.23. The van der Waals surface area contributed by atoms with Crippen LogP contribution < -0.4 is 9.46 Å². The minimum atomic E-state index is -4.08. The number of fused-ring (bicyclic) bond motifs is 1. The van der Waals surface area contributed by atoms with E-state index >= 15 is 0 Å². The molecule has 1 saturated heterocycles. The zero-order valence-electron chi connectivity index (χ0n) is 15.3. The van der Waals surface area contributed by atoms with Crippen LogP contribution in [0, 0.1) is 5.92 Å². The van der Waals surface area contributed by atoms with E-state index in [9.17, 15) is 13.2 Å². The van der Waals surface area contributed by atoms with Crippen molar-refractivity contribution in [2.24, 2.45) is 5.92 Å². The lowest BCUT2D eigenvalue weighted by Crippen LogP contribution is -2.43. The maximum Gasteiger partial charge on any atom is 0.264 e. The quantitative estimate of drug-likeness (QED) is 0.775. The van der Waals surface area contributed by atoms with Gasteiger partial charge in [0.25, 0.3) is 15.9 Å². The van der Waals surface area contributed by atoms with Crippen LogP contribution in [0.15, 0.2) is 41.3 Å². The molecule has 0 aromatic heterocycles. The predicted octanol–water partition coefficient (Wildman–Crippen LogP) is 2.09. The molecule has 1 aliphatic rings. The molecule has 2 aromatic carbocycles. The summed E-state index contributed by atoms with van der Waals surface area (Å²) in [5.74, 6) is -0.260. The Balaban J connectivity index is 1.93. The average Bonchev–Trinajstić information content (AvgIpc) is 3.16. The van der Waals surface area contributed by atoms with Crippen molar-refractivity contribution in [2.75, 3.05) is 26.9 Å². The number of hydrogen-bond acceptors (Lipinski definition) is 6. The molecule has 0 aliphatic carbocycles. The lowest BCUT2D eigenvalue weighted by atomic mass is 10.0. The summed E-state index contributed by atoms with van der Waals surface area (Å²) in [6, 6.07) is 10.1. The molecule has 27 heavy (non-hydrogen) atoms. The van der Waals surface area contributed by atoms with Crippen LogP contribution in [-0.4, -0.2) is 47.4 Å². The van der Waals surface area contributed by atoms with E-state index in [1.165, 1.54) is 13.2 Å². The Bertz CT molecular complexity index is 921. The second kappa shape index (κ2) is 8.24. The van der Waals surface area contributed by atoms with Crippen LogP contribution in [0.4, 0.5) is 0 Å². The molecule has 2 aromatic rings. The summed E-state index contributed by atoms with van der Waals surface area (Å²) in [4.78, 5) is 12.6. The van der Waals surface area contributed by atoms with Gasteiger partial charge < -0.3 is 14.2 Å². The van der Waals surface area contributed by atoms with E-state index in [1.807, 2.05) is 6.92 Å². The van der Waals surface area contributed by atoms with Crippen molar-refractivity contribution in [2.45, 2.75) is 24.3 Å². The standard InChI is InChI=1S/C19H23NO6S/c1-3-26-16-8-9-17(15-7-5-4-6-14(15)16)27(22,23)20-19(21)18(24-2)13-10-11-25-12-13/h4-9,13,18H,3,10-12H2,1-2H3,(H,20,21). The molecule has 8 heteroatoms. The zero-order chi connectivity index (χ0) is 19.4. The number of ether oxygens (including phenoxy) is 3. The van der Waals surface area contributed by atoms with Gasteiger partial charge in [-0.1, -0.05) is 24.3 Å². The highest BCUT2D eigenvalue weighted by atomic mass is 32.2. The minimum Gasteiger partial charge on any atom is -0.493 e. The largest absolute Gasteiger partial charge is 0.493 e. The van der Waals surface area contributed by atoms with Crippen molar-refractivity contribution in [1.82, 2.24) is 4.72 Å². The topological polar surface area (TPSA) is 90.9 Å². The molecule has 0 spiro atoms. The fraction of sp³-hybridized carbons (Fsp3) is 0.421. The van der Waals surface area contributed by atoms with Crippen molar-refractivity contribution in [1.29, 1.82) is 0 Å². The molecule has 0 radical (unpaired) electrons. The summed E-state index contributed by atoms with van der Waals surface area (Å²) in [6.07, 6.45) is -0.228. The van der Waals surface area contributed by atoms with Gasteiger partial charge in [-0.2, -0.15) is 0 Å². The average molecular weight is 393 g/mol. The Morgan fingerprint density at radius 2 is 2.00 bits per heavy atom. The summed E-state index contributed by atoms with van der Waals surface area (Å²) in [5.41, 5.74) is 0. The highest BCUT2D eigenvalue weighted by Crippen LogP contribution is 2.31. The molecular weight excluding hydrogens is 370 g/mol. The third-order valence-electron chi connectivity index (χ3n) is 4.57. The molecule has 146 valence electrons. The van der Waals surface area contributed by atoms with E-state index in [2.05, 4.69) is 4.72 Å². The van der Waals surface area contributed by atoms with Crippen molar-refractivity contribution in [3.8, 4) is 5.75 Å². The number of nitrogens with one attached hydrogen (secondary N) is 1. The van der Waals surface area contributed by atoms with Gasteiger partial charge in [0.15, 0.2) is 0 Å². The lowest BCUT2D eigenvalue weighted by Gasteiger charge is -2.20. The molecule has 0 bridgehead atoms. The van der Waals surface area contributed by atoms with Gasteiger partial charge >= 0.3 is 0 Å². The normalized spacial score (nSPS) is 18.4. The van der Waals surface area contributed by atoms with Gasteiger partial charge in [0.1, 0.15) is 11.9 Å². The number of hydrogen-bond donors (Lipinski definition) is 1. The van der Waals surface area contributed by atoms with E-state index in [4.69, 9.17) is 14.2 Å². The highest BCUT2D eigenvalue weighted by molar-refractivity contribution is 7.90. The first-order valence-electron chi connectivity index (χ1n) is 8.79. The molecule has 7 nitrogen and oxygen atoms in total. The van der Waals surface area contributed by atoms with E-state index in [1.54, 1.807) is 30.3 Å². The van der Waals surface area contributed by atoms with Crippen molar-refractivity contribution in [3.63, 3.8) is 0 Å². The zero-order valence-corrected chi connectivity index (χ0v) is 16.1. The van der Waals surface area contributed by atoms with Crippen LogP contribution in [0.2, 0.25) is 0 Å². The summed E-state index contributed by atoms with van der Waals surface area (Å²) in [7, 11) is -2.69. The number of methoxy groups -OCH3 is 1. The Kier molecular flexibility index (Phi) is 5.98. The number of amides is 1. The number of rotatable bonds is 7. The lowest BCUT2D eigenvalue weighted by molar-refractivity contribution is -0.132. The molecule has 2 atom stereocenters. The van der Waals surface area contributed by atoms with Gasteiger partial charge in [0.05, 0.1) is 18.1 Å². The molecule has 1 amide bonds. The van der Waals surface area contributed by atoms with Gasteiger partial charge in [-0.05, 0) is 25.5 Å². The molecule has 1 N–H and O–H groups in total. The Hall–Kier alpha value is -2.16. The monoisotopic (exact) mass is 393 g/mol. The van der Waals surface area contributed by atoms with Crippen LogP contribution in [0.25, 0.3) is 10.8 Å². The van der Waals surface area contributed by atoms with Crippen LogP contribution in [0.3, 0.4) is 0 Å². The predicted molar refractivity (Wildman–Crippen MR) is 100 cm³/mol. The fourth-order valence-corrected chi connectivity index (χ4v) is 4.52. The van der Waals surface area contributed by atoms with Crippen molar-refractivity contribution >= 4 is 26.7 Å². The van der Waals surface area contributed by atoms with Crippen LogP contribution in [-0.2, 0) is 24.3 Å². The van der Waals surface area contributed by atoms with Gasteiger partial charge in [-0.3, -0.25) is 4.79 Å². The Morgan fingerprint density at radius 3 is 2.63 bits per heavy atom. The molecule has 1 fully saturated rings. The van der Waals surface area contributed by atoms with Crippen LogP contribution in [0.1, 0.15) is 13.3 Å². The molecule has 3 rings (SSSR count). The Morgan fingerprint density at radius 1 is 1.26 bits per heavy atom. The highest BCUT2D eigenvalue weighted by Gasteiger charge is 2.34. The van der Waals surface area contributed by atoms with Gasteiger partial charge in [-0.15, -0.1) is 0 Å². The number of carbonyl (C=O) groups is 1. The molecule has 1 heterocycles. The number of carbonyl (C=O) groups excluding carboxylic acids is 1. The summed E-state index contributed by atoms with van der Waals surface area (Å²) in [5, 5.41) is 1.16. The Labute approximate surface area is 158 Å². The van der Waals surface area contributed by atoms with Gasteiger partial charge in [-0.25, -0.2) is 13.1 Å². The second-order valence-electron chi connectivity index (χ2n) is 6.29. The van der Waals surface area contributed by atoms with E-state index in [0.29, 0.717) is 42.8 Å².